The van der Waals surface area contributed by atoms with E-state index in [9.17, 15) is 0 Å². The second-order valence-electron chi connectivity index (χ2n) is 4.90. The summed E-state index contributed by atoms with van der Waals surface area (Å²) in [6.07, 6.45) is 8.82. The first-order valence-corrected chi connectivity index (χ1v) is 6.05. The third-order valence-corrected chi connectivity index (χ3v) is 3.64. The molecule has 1 aromatic heterocycles. The number of hydrogen-bond donors (Lipinski definition) is 1. The Balaban J connectivity index is 1.44. The highest BCUT2D eigenvalue weighted by Crippen LogP contribution is 2.50. The van der Waals surface area contributed by atoms with Crippen molar-refractivity contribution in [3.8, 4) is 5.88 Å². The van der Waals surface area contributed by atoms with Gasteiger partial charge >= 0.3 is 0 Å². The van der Waals surface area contributed by atoms with Crippen LogP contribution >= 0.6 is 0 Å². The maximum Gasteiger partial charge on any atom is 0.208 e. The van der Waals surface area contributed by atoms with E-state index in [2.05, 4.69) is 10.2 Å². The van der Waals surface area contributed by atoms with Gasteiger partial charge in [0.2, 0.25) is 5.88 Å². The van der Waals surface area contributed by atoms with Crippen molar-refractivity contribution in [2.45, 2.75) is 32.1 Å². The van der Waals surface area contributed by atoms with Gasteiger partial charge in [-0.3, -0.25) is 0 Å². The van der Waals surface area contributed by atoms with Gasteiger partial charge in [-0.25, -0.2) is 5.10 Å². The molecule has 1 heterocycles. The zero-order chi connectivity index (χ0) is 10.1. The van der Waals surface area contributed by atoms with Gasteiger partial charge in [0.05, 0.1) is 12.8 Å². The fourth-order valence-electron chi connectivity index (χ4n) is 2.53. The van der Waals surface area contributed by atoms with Gasteiger partial charge in [-0.15, -0.1) is 0 Å². The monoisotopic (exact) mass is 206 g/mol. The number of rotatable bonds is 6. The molecule has 0 radical (unpaired) electrons. The zero-order valence-electron chi connectivity index (χ0n) is 8.98. The number of aromatic amines is 1. The molecule has 2 aliphatic carbocycles. The van der Waals surface area contributed by atoms with Crippen LogP contribution in [0.5, 0.6) is 5.88 Å². The largest absolute Gasteiger partial charge is 0.478 e. The second kappa shape index (κ2) is 3.87. The standard InChI is InChI=1S/C12H18N2O/c1-2-9(1)11(10-3-4-10)6-8-15-12-5-7-13-14-12/h5,7,9-11H,1-4,6,8H2,(H,13,14). The number of ether oxygens (including phenoxy) is 1. The lowest BCUT2D eigenvalue weighted by Crippen LogP contribution is -2.11. The van der Waals surface area contributed by atoms with E-state index in [0.29, 0.717) is 0 Å². The van der Waals surface area contributed by atoms with Crippen LogP contribution in [0.25, 0.3) is 0 Å². The van der Waals surface area contributed by atoms with E-state index < -0.39 is 0 Å². The van der Waals surface area contributed by atoms with Crippen molar-refractivity contribution >= 4 is 0 Å². The van der Waals surface area contributed by atoms with Gasteiger partial charge in [0, 0.05) is 6.07 Å². The molecule has 2 saturated carbocycles. The average molecular weight is 206 g/mol. The topological polar surface area (TPSA) is 37.9 Å². The lowest BCUT2D eigenvalue weighted by Gasteiger charge is -2.14. The van der Waals surface area contributed by atoms with Crippen LogP contribution in [0.15, 0.2) is 12.3 Å². The molecule has 0 saturated heterocycles. The molecule has 0 amide bonds. The van der Waals surface area contributed by atoms with Crippen molar-refractivity contribution in [1.29, 1.82) is 0 Å². The van der Waals surface area contributed by atoms with Crippen molar-refractivity contribution in [3.05, 3.63) is 12.3 Å². The van der Waals surface area contributed by atoms with Crippen LogP contribution in [-0.2, 0) is 0 Å². The Labute approximate surface area is 90.2 Å². The highest BCUT2D eigenvalue weighted by molar-refractivity contribution is 5.04. The van der Waals surface area contributed by atoms with E-state index in [1.54, 1.807) is 6.20 Å². The smallest absolute Gasteiger partial charge is 0.208 e. The molecule has 1 N–H and O–H groups in total. The van der Waals surface area contributed by atoms with Crippen LogP contribution in [0.4, 0.5) is 0 Å². The predicted molar refractivity (Wildman–Crippen MR) is 57.6 cm³/mol. The summed E-state index contributed by atoms with van der Waals surface area (Å²) in [6.45, 7) is 0.847. The summed E-state index contributed by atoms with van der Waals surface area (Å²) < 4.78 is 5.61. The molecule has 15 heavy (non-hydrogen) atoms. The Morgan fingerprint density at radius 2 is 2.07 bits per heavy atom. The summed E-state index contributed by atoms with van der Waals surface area (Å²) in [5, 5.41) is 6.69. The van der Waals surface area contributed by atoms with E-state index in [1.165, 1.54) is 32.1 Å². The molecule has 0 spiro atoms. The summed E-state index contributed by atoms with van der Waals surface area (Å²) in [6, 6.07) is 1.88. The zero-order valence-corrected chi connectivity index (χ0v) is 8.98. The maximum absolute atomic E-state index is 5.61. The van der Waals surface area contributed by atoms with Gasteiger partial charge in [0.25, 0.3) is 0 Å². The average Bonchev–Trinajstić information content (AvgIpc) is 3.15. The van der Waals surface area contributed by atoms with Crippen LogP contribution in [0, 0.1) is 17.8 Å². The summed E-state index contributed by atoms with van der Waals surface area (Å²) in [5.74, 6) is 3.82. The molecule has 0 bridgehead atoms. The van der Waals surface area contributed by atoms with Crippen LogP contribution in [-0.4, -0.2) is 16.8 Å². The fourth-order valence-corrected chi connectivity index (χ4v) is 2.53. The van der Waals surface area contributed by atoms with Crippen LogP contribution in [0.1, 0.15) is 32.1 Å². The number of hydrogen-bond acceptors (Lipinski definition) is 2. The number of nitrogens with one attached hydrogen (secondary N) is 1. The van der Waals surface area contributed by atoms with Crippen LogP contribution < -0.4 is 4.74 Å². The lowest BCUT2D eigenvalue weighted by atomic mass is 9.95. The van der Waals surface area contributed by atoms with Gasteiger partial charge in [0.1, 0.15) is 0 Å². The third kappa shape index (κ3) is 2.33. The second-order valence-corrected chi connectivity index (χ2v) is 4.90. The molecule has 3 heteroatoms. The first-order valence-electron chi connectivity index (χ1n) is 6.05. The normalized spacial score (nSPS) is 20.9. The minimum absolute atomic E-state index is 0.806. The van der Waals surface area contributed by atoms with Gasteiger partial charge in [-0.05, 0) is 49.9 Å². The Morgan fingerprint density at radius 3 is 2.60 bits per heavy atom. The molecule has 82 valence electrons. The molecular weight excluding hydrogens is 188 g/mol. The number of H-pyrrole nitrogens is 1. The first-order chi connectivity index (χ1) is 7.43. The summed E-state index contributed by atoms with van der Waals surface area (Å²) >= 11 is 0. The van der Waals surface area contributed by atoms with Gasteiger partial charge < -0.3 is 4.74 Å². The highest BCUT2D eigenvalue weighted by Gasteiger charge is 2.40. The minimum Gasteiger partial charge on any atom is -0.478 e. The third-order valence-electron chi connectivity index (χ3n) is 3.64. The van der Waals surface area contributed by atoms with Gasteiger partial charge in [-0.1, -0.05) is 0 Å². The highest BCUT2D eigenvalue weighted by atomic mass is 16.5. The van der Waals surface area contributed by atoms with E-state index in [0.717, 1.165) is 30.2 Å². The van der Waals surface area contributed by atoms with Gasteiger partial charge in [0.15, 0.2) is 0 Å². The molecule has 2 fully saturated rings. The summed E-state index contributed by atoms with van der Waals surface area (Å²) in [7, 11) is 0. The Bertz CT molecular complexity index is 289. The molecule has 0 unspecified atom stereocenters. The van der Waals surface area contributed by atoms with Crippen molar-refractivity contribution in [2.24, 2.45) is 17.8 Å². The molecular formula is C12H18N2O. The Kier molecular flexibility index (Phi) is 2.39. The first kappa shape index (κ1) is 9.25. The van der Waals surface area contributed by atoms with E-state index in [4.69, 9.17) is 4.74 Å². The van der Waals surface area contributed by atoms with Crippen molar-refractivity contribution in [1.82, 2.24) is 10.2 Å². The van der Waals surface area contributed by atoms with Crippen molar-refractivity contribution in [3.63, 3.8) is 0 Å². The fraction of sp³-hybridized carbons (Fsp3) is 0.750. The van der Waals surface area contributed by atoms with E-state index in [1.807, 2.05) is 6.07 Å². The molecule has 2 aliphatic rings. The molecule has 0 atom stereocenters. The van der Waals surface area contributed by atoms with E-state index >= 15 is 0 Å². The molecule has 3 nitrogen and oxygen atoms in total. The molecule has 0 aromatic carbocycles. The van der Waals surface area contributed by atoms with E-state index in [-0.39, 0.29) is 0 Å². The minimum atomic E-state index is 0.806. The molecule has 0 aliphatic heterocycles. The van der Waals surface area contributed by atoms with Crippen molar-refractivity contribution < 1.29 is 4.74 Å². The Morgan fingerprint density at radius 1 is 1.33 bits per heavy atom. The SMILES string of the molecule is c1cc(OCCC(C2CC2)C2CC2)[nH]n1. The Hall–Kier alpha value is -0.990. The van der Waals surface area contributed by atoms with Crippen LogP contribution in [0.2, 0.25) is 0 Å². The number of aromatic nitrogens is 2. The number of nitrogens with zero attached hydrogens (tertiary/aromatic N) is 1. The van der Waals surface area contributed by atoms with Crippen LogP contribution in [0.3, 0.4) is 0 Å². The van der Waals surface area contributed by atoms with Crippen molar-refractivity contribution in [2.75, 3.05) is 6.61 Å². The summed E-state index contributed by atoms with van der Waals surface area (Å²) in [4.78, 5) is 0. The quantitative estimate of drug-likeness (QED) is 0.777. The van der Waals surface area contributed by atoms with Gasteiger partial charge in [-0.2, -0.15) is 5.10 Å². The molecule has 3 rings (SSSR count). The maximum atomic E-state index is 5.61. The summed E-state index contributed by atoms with van der Waals surface area (Å²) in [5.41, 5.74) is 0. The predicted octanol–water partition coefficient (Wildman–Crippen LogP) is 2.61. The lowest BCUT2D eigenvalue weighted by molar-refractivity contribution is 0.244. The molecule has 1 aromatic rings.